The van der Waals surface area contributed by atoms with Crippen molar-refractivity contribution in [2.24, 2.45) is 5.73 Å². The molecule has 1 unspecified atom stereocenters. The van der Waals surface area contributed by atoms with E-state index in [4.69, 9.17) is 15.2 Å². The number of rotatable bonds is 6. The molecule has 0 saturated carbocycles. The summed E-state index contributed by atoms with van der Waals surface area (Å²) in [5, 5.41) is 0. The Kier molecular flexibility index (Phi) is 5.17. The molecule has 0 saturated heterocycles. The minimum atomic E-state index is -0.329. The highest BCUT2D eigenvalue weighted by molar-refractivity contribution is 5.45. The highest BCUT2D eigenvalue weighted by Crippen LogP contribution is 2.34. The van der Waals surface area contributed by atoms with Gasteiger partial charge in [-0.1, -0.05) is 19.1 Å². The van der Waals surface area contributed by atoms with Gasteiger partial charge in [0.15, 0.2) is 11.5 Å². The van der Waals surface area contributed by atoms with Crippen molar-refractivity contribution in [1.82, 2.24) is 0 Å². The molecule has 0 aromatic heterocycles. The van der Waals surface area contributed by atoms with Gasteiger partial charge in [-0.3, -0.25) is 0 Å². The van der Waals surface area contributed by atoms with E-state index in [1.165, 1.54) is 12.1 Å². The van der Waals surface area contributed by atoms with Gasteiger partial charge < -0.3 is 15.2 Å². The van der Waals surface area contributed by atoms with Crippen LogP contribution in [0.3, 0.4) is 0 Å². The number of benzene rings is 2. The first-order valence-electron chi connectivity index (χ1n) is 7.06. The van der Waals surface area contributed by atoms with Crippen LogP contribution in [0.4, 0.5) is 4.39 Å². The number of hydrogen-bond donors (Lipinski definition) is 1. The van der Waals surface area contributed by atoms with Crippen LogP contribution in [0, 0.1) is 5.82 Å². The molecule has 21 heavy (non-hydrogen) atoms. The molecular weight excluding hydrogens is 269 g/mol. The second kappa shape index (κ2) is 7.09. The summed E-state index contributed by atoms with van der Waals surface area (Å²) in [5.74, 6) is 1.47. The lowest BCUT2D eigenvalue weighted by Crippen LogP contribution is -2.07. The molecule has 2 aromatic rings. The molecule has 2 aromatic carbocycles. The Morgan fingerprint density at radius 1 is 1.10 bits per heavy atom. The van der Waals surface area contributed by atoms with Crippen molar-refractivity contribution < 1.29 is 13.9 Å². The van der Waals surface area contributed by atoms with E-state index in [2.05, 4.69) is 0 Å². The number of para-hydroxylation sites is 2. The summed E-state index contributed by atoms with van der Waals surface area (Å²) in [6, 6.07) is 11.4. The SMILES string of the molecule is CCCOc1ccccc1Oc1ccc(F)cc1C(C)N. The lowest BCUT2D eigenvalue weighted by molar-refractivity contribution is 0.301. The molecule has 3 nitrogen and oxygen atoms in total. The third-order valence-electron chi connectivity index (χ3n) is 2.99. The zero-order valence-electron chi connectivity index (χ0n) is 12.3. The predicted molar refractivity (Wildman–Crippen MR) is 81.3 cm³/mol. The number of ether oxygens (including phenoxy) is 2. The summed E-state index contributed by atoms with van der Waals surface area (Å²) in [5.41, 5.74) is 6.50. The van der Waals surface area contributed by atoms with E-state index in [9.17, 15) is 4.39 Å². The van der Waals surface area contributed by atoms with E-state index in [0.717, 1.165) is 6.42 Å². The zero-order valence-corrected chi connectivity index (χ0v) is 12.3. The van der Waals surface area contributed by atoms with Gasteiger partial charge in [-0.2, -0.15) is 0 Å². The van der Waals surface area contributed by atoms with E-state index >= 15 is 0 Å². The first kappa shape index (κ1) is 15.3. The zero-order chi connectivity index (χ0) is 15.2. The molecule has 0 aliphatic rings. The lowest BCUT2D eigenvalue weighted by Gasteiger charge is -2.16. The van der Waals surface area contributed by atoms with Crippen LogP contribution in [0.15, 0.2) is 42.5 Å². The molecule has 0 aliphatic heterocycles. The second-order valence-electron chi connectivity index (χ2n) is 4.87. The standard InChI is InChI=1S/C17H20FNO2/c1-3-10-20-16-6-4-5-7-17(16)21-15-9-8-13(18)11-14(15)12(2)19/h4-9,11-12H,3,10,19H2,1-2H3. The summed E-state index contributed by atoms with van der Waals surface area (Å²) >= 11 is 0. The Bertz CT molecular complexity index is 599. The predicted octanol–water partition coefficient (Wildman–Crippen LogP) is 4.43. The first-order chi connectivity index (χ1) is 10.1. The maximum Gasteiger partial charge on any atom is 0.169 e. The molecule has 4 heteroatoms. The van der Waals surface area contributed by atoms with E-state index in [1.807, 2.05) is 31.2 Å². The van der Waals surface area contributed by atoms with Crippen molar-refractivity contribution in [3.05, 3.63) is 53.8 Å². The lowest BCUT2D eigenvalue weighted by atomic mass is 10.1. The molecule has 0 bridgehead atoms. The summed E-state index contributed by atoms with van der Waals surface area (Å²) in [6.45, 7) is 4.45. The molecule has 2 N–H and O–H groups in total. The summed E-state index contributed by atoms with van der Waals surface area (Å²) in [6.07, 6.45) is 0.913. The Labute approximate surface area is 124 Å². The van der Waals surface area contributed by atoms with Gasteiger partial charge in [0.05, 0.1) is 6.61 Å². The molecule has 112 valence electrons. The normalized spacial score (nSPS) is 12.0. The highest BCUT2D eigenvalue weighted by atomic mass is 19.1. The van der Waals surface area contributed by atoms with Gasteiger partial charge in [-0.15, -0.1) is 0 Å². The average Bonchev–Trinajstić information content (AvgIpc) is 2.48. The number of halogens is 1. The van der Waals surface area contributed by atoms with E-state index in [-0.39, 0.29) is 11.9 Å². The van der Waals surface area contributed by atoms with Gasteiger partial charge in [0.2, 0.25) is 0 Å². The largest absolute Gasteiger partial charge is 0.490 e. The summed E-state index contributed by atoms with van der Waals surface area (Å²) in [4.78, 5) is 0. The Balaban J connectivity index is 2.30. The Morgan fingerprint density at radius 2 is 1.81 bits per heavy atom. The number of nitrogens with two attached hydrogens (primary N) is 1. The van der Waals surface area contributed by atoms with Crippen molar-refractivity contribution in [1.29, 1.82) is 0 Å². The number of hydrogen-bond acceptors (Lipinski definition) is 3. The van der Waals surface area contributed by atoms with Gasteiger partial charge in [-0.25, -0.2) is 4.39 Å². The fraction of sp³-hybridized carbons (Fsp3) is 0.294. The van der Waals surface area contributed by atoms with Crippen molar-refractivity contribution in [3.63, 3.8) is 0 Å². The molecule has 0 fully saturated rings. The second-order valence-corrected chi connectivity index (χ2v) is 4.87. The molecule has 2 rings (SSSR count). The van der Waals surface area contributed by atoms with Crippen molar-refractivity contribution in [2.75, 3.05) is 6.61 Å². The molecule has 0 aliphatic carbocycles. The Morgan fingerprint density at radius 3 is 2.48 bits per heavy atom. The minimum Gasteiger partial charge on any atom is -0.490 e. The highest BCUT2D eigenvalue weighted by Gasteiger charge is 2.12. The van der Waals surface area contributed by atoms with Gasteiger partial charge in [0.25, 0.3) is 0 Å². The van der Waals surface area contributed by atoms with Gasteiger partial charge >= 0.3 is 0 Å². The smallest absolute Gasteiger partial charge is 0.169 e. The Hall–Kier alpha value is -2.07. The fourth-order valence-corrected chi connectivity index (χ4v) is 1.95. The topological polar surface area (TPSA) is 44.5 Å². The van der Waals surface area contributed by atoms with Crippen LogP contribution >= 0.6 is 0 Å². The van der Waals surface area contributed by atoms with Gasteiger partial charge in [0.1, 0.15) is 11.6 Å². The average molecular weight is 289 g/mol. The third-order valence-corrected chi connectivity index (χ3v) is 2.99. The third kappa shape index (κ3) is 3.95. The summed E-state index contributed by atoms with van der Waals surface area (Å²) in [7, 11) is 0. The molecule has 0 heterocycles. The van der Waals surface area contributed by atoms with Gasteiger partial charge in [-0.05, 0) is 43.7 Å². The first-order valence-corrected chi connectivity index (χ1v) is 7.06. The van der Waals surface area contributed by atoms with E-state index in [0.29, 0.717) is 29.4 Å². The van der Waals surface area contributed by atoms with Crippen LogP contribution in [0.25, 0.3) is 0 Å². The van der Waals surface area contributed by atoms with Crippen molar-refractivity contribution in [3.8, 4) is 17.2 Å². The van der Waals surface area contributed by atoms with E-state index in [1.54, 1.807) is 13.0 Å². The van der Waals surface area contributed by atoms with Gasteiger partial charge in [0, 0.05) is 11.6 Å². The quantitative estimate of drug-likeness (QED) is 0.855. The molecular formula is C17H20FNO2. The van der Waals surface area contributed by atoms with Crippen LogP contribution in [0.1, 0.15) is 31.9 Å². The van der Waals surface area contributed by atoms with Crippen LogP contribution in [0.2, 0.25) is 0 Å². The molecule has 0 amide bonds. The van der Waals surface area contributed by atoms with Crippen molar-refractivity contribution >= 4 is 0 Å². The molecule has 0 spiro atoms. The van der Waals surface area contributed by atoms with Crippen LogP contribution < -0.4 is 15.2 Å². The summed E-state index contributed by atoms with van der Waals surface area (Å²) < 4.78 is 24.9. The maximum atomic E-state index is 13.4. The molecule has 1 atom stereocenters. The minimum absolute atomic E-state index is 0.320. The maximum absolute atomic E-state index is 13.4. The van der Waals surface area contributed by atoms with E-state index < -0.39 is 0 Å². The van der Waals surface area contributed by atoms with Crippen molar-refractivity contribution in [2.45, 2.75) is 26.3 Å². The fourth-order valence-electron chi connectivity index (χ4n) is 1.95. The molecule has 0 radical (unpaired) electrons. The van der Waals surface area contributed by atoms with Crippen LogP contribution in [0.5, 0.6) is 17.2 Å². The van der Waals surface area contributed by atoms with Crippen LogP contribution in [-0.4, -0.2) is 6.61 Å². The monoisotopic (exact) mass is 289 g/mol. The van der Waals surface area contributed by atoms with Crippen LogP contribution in [-0.2, 0) is 0 Å².